The van der Waals surface area contributed by atoms with Crippen LogP contribution in [0.3, 0.4) is 0 Å². The van der Waals surface area contributed by atoms with Crippen molar-refractivity contribution in [2.45, 2.75) is 24.2 Å². The Hall–Kier alpha value is -1.18. The average Bonchev–Trinajstić information content (AvgIpc) is 2.40. The third-order valence-corrected chi connectivity index (χ3v) is 5.33. The molecule has 0 unspecified atom stereocenters. The van der Waals surface area contributed by atoms with Crippen molar-refractivity contribution in [3.63, 3.8) is 0 Å². The SMILES string of the molecule is CN1CCC(CCNS(=O)(=O)c2cc(N)cc(F)c2)CC1. The highest BCUT2D eigenvalue weighted by atomic mass is 32.2. The van der Waals surface area contributed by atoms with Crippen molar-refractivity contribution >= 4 is 15.7 Å². The fraction of sp³-hybridized carbons (Fsp3) is 0.571. The van der Waals surface area contributed by atoms with E-state index in [2.05, 4.69) is 16.7 Å². The van der Waals surface area contributed by atoms with Crippen LogP contribution in [0.15, 0.2) is 23.1 Å². The lowest BCUT2D eigenvalue weighted by Crippen LogP contribution is -2.32. The number of nitrogens with one attached hydrogen (secondary N) is 1. The molecule has 1 aliphatic rings. The van der Waals surface area contributed by atoms with Gasteiger partial charge in [0.2, 0.25) is 10.0 Å². The van der Waals surface area contributed by atoms with Crippen molar-refractivity contribution in [2.75, 3.05) is 32.4 Å². The van der Waals surface area contributed by atoms with Gasteiger partial charge in [0.15, 0.2) is 0 Å². The summed E-state index contributed by atoms with van der Waals surface area (Å²) in [6, 6.07) is 3.34. The van der Waals surface area contributed by atoms with Gasteiger partial charge in [-0.1, -0.05) is 0 Å². The predicted octanol–water partition coefficient (Wildman–Crippen LogP) is 1.42. The van der Waals surface area contributed by atoms with Gasteiger partial charge < -0.3 is 10.6 Å². The molecule has 5 nitrogen and oxygen atoms in total. The monoisotopic (exact) mass is 315 g/mol. The van der Waals surface area contributed by atoms with E-state index in [1.54, 1.807) is 0 Å². The van der Waals surface area contributed by atoms with Gasteiger partial charge in [-0.3, -0.25) is 0 Å². The van der Waals surface area contributed by atoms with E-state index in [1.165, 1.54) is 6.07 Å². The number of nitrogen functional groups attached to an aromatic ring is 1. The molecule has 1 fully saturated rings. The maximum Gasteiger partial charge on any atom is 0.240 e. The van der Waals surface area contributed by atoms with Gasteiger partial charge in [0.05, 0.1) is 4.90 Å². The Kier molecular flexibility index (Phi) is 5.18. The number of hydrogen-bond acceptors (Lipinski definition) is 4. The molecule has 0 saturated carbocycles. The Balaban J connectivity index is 1.89. The summed E-state index contributed by atoms with van der Waals surface area (Å²) < 4.78 is 39.9. The van der Waals surface area contributed by atoms with Gasteiger partial charge in [0, 0.05) is 12.2 Å². The Labute approximate surface area is 125 Å². The van der Waals surface area contributed by atoms with Crippen LogP contribution in [0, 0.1) is 11.7 Å². The maximum atomic E-state index is 13.2. The summed E-state index contributed by atoms with van der Waals surface area (Å²) in [5.41, 5.74) is 5.58. The van der Waals surface area contributed by atoms with Gasteiger partial charge in [-0.25, -0.2) is 17.5 Å². The zero-order valence-electron chi connectivity index (χ0n) is 12.2. The molecule has 0 bridgehead atoms. The second kappa shape index (κ2) is 6.72. The molecule has 0 atom stereocenters. The lowest BCUT2D eigenvalue weighted by molar-refractivity contribution is 0.213. The molecule has 1 heterocycles. The van der Waals surface area contributed by atoms with Crippen LogP contribution in [0.4, 0.5) is 10.1 Å². The van der Waals surface area contributed by atoms with Gasteiger partial charge in [0.1, 0.15) is 5.82 Å². The van der Waals surface area contributed by atoms with E-state index >= 15 is 0 Å². The molecule has 21 heavy (non-hydrogen) atoms. The molecule has 0 amide bonds. The first-order valence-corrected chi connectivity index (χ1v) is 8.59. The third kappa shape index (κ3) is 4.66. The molecule has 7 heteroatoms. The van der Waals surface area contributed by atoms with Crippen LogP contribution in [-0.4, -0.2) is 40.0 Å². The number of nitrogens with two attached hydrogens (primary N) is 1. The molecule has 1 aromatic carbocycles. The lowest BCUT2D eigenvalue weighted by atomic mass is 9.94. The Morgan fingerprint density at radius 1 is 1.33 bits per heavy atom. The summed E-state index contributed by atoms with van der Waals surface area (Å²) in [6.45, 7) is 2.48. The maximum absolute atomic E-state index is 13.2. The lowest BCUT2D eigenvalue weighted by Gasteiger charge is -2.28. The number of nitrogens with zero attached hydrogens (tertiary/aromatic N) is 1. The van der Waals surface area contributed by atoms with Crippen LogP contribution in [0.1, 0.15) is 19.3 Å². The Morgan fingerprint density at radius 2 is 2.00 bits per heavy atom. The van der Waals surface area contributed by atoms with Crippen molar-refractivity contribution in [3.05, 3.63) is 24.0 Å². The fourth-order valence-corrected chi connectivity index (χ4v) is 3.68. The summed E-state index contributed by atoms with van der Waals surface area (Å²) in [5.74, 6) is -0.104. The highest BCUT2D eigenvalue weighted by molar-refractivity contribution is 7.89. The molecule has 0 aromatic heterocycles. The van der Waals surface area contributed by atoms with Crippen molar-refractivity contribution in [1.82, 2.24) is 9.62 Å². The number of rotatable bonds is 5. The van der Waals surface area contributed by atoms with Crippen LogP contribution in [0.25, 0.3) is 0 Å². The molecule has 0 aliphatic carbocycles. The summed E-state index contributed by atoms with van der Waals surface area (Å²) in [5, 5.41) is 0. The molecule has 1 saturated heterocycles. The summed E-state index contributed by atoms with van der Waals surface area (Å²) in [6.07, 6.45) is 2.98. The van der Waals surface area contributed by atoms with Gasteiger partial charge in [0.25, 0.3) is 0 Å². The van der Waals surface area contributed by atoms with Crippen LogP contribution in [0.5, 0.6) is 0 Å². The molecule has 1 aromatic rings. The largest absolute Gasteiger partial charge is 0.399 e. The third-order valence-electron chi connectivity index (χ3n) is 3.89. The smallest absolute Gasteiger partial charge is 0.240 e. The first-order valence-electron chi connectivity index (χ1n) is 7.11. The van der Waals surface area contributed by atoms with Gasteiger partial charge in [-0.05, 0) is 63.5 Å². The minimum atomic E-state index is -3.70. The van der Waals surface area contributed by atoms with E-state index < -0.39 is 15.8 Å². The number of sulfonamides is 1. The van der Waals surface area contributed by atoms with Gasteiger partial charge >= 0.3 is 0 Å². The molecular weight excluding hydrogens is 293 g/mol. The van der Waals surface area contributed by atoms with Gasteiger partial charge in [-0.2, -0.15) is 0 Å². The van der Waals surface area contributed by atoms with E-state index in [-0.39, 0.29) is 10.6 Å². The number of likely N-dealkylation sites (tertiary alicyclic amines) is 1. The number of piperidine rings is 1. The topological polar surface area (TPSA) is 75.4 Å². The highest BCUT2D eigenvalue weighted by Crippen LogP contribution is 2.20. The summed E-state index contributed by atoms with van der Waals surface area (Å²) >= 11 is 0. The summed E-state index contributed by atoms with van der Waals surface area (Å²) in [4.78, 5) is 2.15. The average molecular weight is 315 g/mol. The number of halogens is 1. The van der Waals surface area contributed by atoms with E-state index in [0.717, 1.165) is 44.5 Å². The van der Waals surface area contributed by atoms with Crippen molar-refractivity contribution in [3.8, 4) is 0 Å². The van der Waals surface area contributed by atoms with E-state index in [4.69, 9.17) is 5.73 Å². The fourth-order valence-electron chi connectivity index (χ4n) is 2.57. The Morgan fingerprint density at radius 3 is 2.62 bits per heavy atom. The molecule has 1 aliphatic heterocycles. The van der Waals surface area contributed by atoms with Crippen LogP contribution < -0.4 is 10.5 Å². The molecule has 2 rings (SSSR count). The van der Waals surface area contributed by atoms with E-state index in [0.29, 0.717) is 12.5 Å². The van der Waals surface area contributed by atoms with Crippen molar-refractivity contribution < 1.29 is 12.8 Å². The van der Waals surface area contributed by atoms with Crippen LogP contribution in [-0.2, 0) is 10.0 Å². The number of anilines is 1. The molecule has 0 spiro atoms. The predicted molar refractivity (Wildman–Crippen MR) is 80.8 cm³/mol. The number of hydrogen-bond donors (Lipinski definition) is 2. The first kappa shape index (κ1) is 16.2. The second-order valence-electron chi connectivity index (χ2n) is 5.65. The quantitative estimate of drug-likeness (QED) is 0.806. The first-order chi connectivity index (χ1) is 9.87. The van der Waals surface area contributed by atoms with Gasteiger partial charge in [-0.15, -0.1) is 0 Å². The highest BCUT2D eigenvalue weighted by Gasteiger charge is 2.19. The second-order valence-corrected chi connectivity index (χ2v) is 7.42. The minimum absolute atomic E-state index is 0.102. The Bertz CT molecular complexity index is 564. The van der Waals surface area contributed by atoms with Crippen LogP contribution >= 0.6 is 0 Å². The number of benzene rings is 1. The zero-order valence-corrected chi connectivity index (χ0v) is 13.0. The summed E-state index contributed by atoms with van der Waals surface area (Å²) in [7, 11) is -1.61. The molecule has 0 radical (unpaired) electrons. The standard InChI is InChI=1S/C14H22FN3O2S/c1-18-6-3-11(4-7-18)2-5-17-21(19,20)14-9-12(15)8-13(16)10-14/h8-11,17H,2-7,16H2,1H3. The van der Waals surface area contributed by atoms with E-state index in [9.17, 15) is 12.8 Å². The molecule has 3 N–H and O–H groups in total. The normalized spacial score (nSPS) is 18.0. The van der Waals surface area contributed by atoms with Crippen molar-refractivity contribution in [2.24, 2.45) is 5.92 Å². The minimum Gasteiger partial charge on any atom is -0.399 e. The van der Waals surface area contributed by atoms with E-state index in [1.807, 2.05) is 0 Å². The zero-order chi connectivity index (χ0) is 15.5. The molecule has 118 valence electrons. The molecular formula is C14H22FN3O2S. The van der Waals surface area contributed by atoms with Crippen LogP contribution in [0.2, 0.25) is 0 Å². The van der Waals surface area contributed by atoms with Crippen molar-refractivity contribution in [1.29, 1.82) is 0 Å².